The summed E-state index contributed by atoms with van der Waals surface area (Å²) < 4.78 is 5.21. The van der Waals surface area contributed by atoms with Crippen molar-refractivity contribution in [2.45, 2.75) is 13.0 Å². The Bertz CT molecular complexity index is 352. The van der Waals surface area contributed by atoms with E-state index in [0.717, 1.165) is 0 Å². The summed E-state index contributed by atoms with van der Waals surface area (Å²) in [5.41, 5.74) is -0.0564. The van der Waals surface area contributed by atoms with Gasteiger partial charge in [0.25, 0.3) is 5.69 Å². The maximum Gasteiger partial charge on any atom is 0.271 e. The molecule has 0 aliphatic rings. The van der Waals surface area contributed by atoms with E-state index in [2.05, 4.69) is 6.92 Å². The number of nitro groups is 1. The van der Waals surface area contributed by atoms with Crippen molar-refractivity contribution in [3.63, 3.8) is 0 Å². The van der Waals surface area contributed by atoms with Crippen LogP contribution in [0.1, 0.15) is 6.92 Å². The Morgan fingerprint density at radius 1 is 1.64 bits per heavy atom. The number of halogens is 1. The first-order valence-corrected chi connectivity index (χ1v) is 4.32. The normalized spacial score (nSPS) is 10.3. The SMILES string of the molecule is [CH2]C(C)Oc1ccc([N+](=O)[O-])cc1Cl. The van der Waals surface area contributed by atoms with Crippen LogP contribution in [0.4, 0.5) is 5.69 Å². The zero-order chi connectivity index (χ0) is 10.7. The van der Waals surface area contributed by atoms with E-state index >= 15 is 0 Å². The van der Waals surface area contributed by atoms with E-state index in [-0.39, 0.29) is 16.8 Å². The van der Waals surface area contributed by atoms with Crippen molar-refractivity contribution in [3.8, 4) is 5.75 Å². The number of nitrogens with zero attached hydrogens (tertiary/aromatic N) is 1. The van der Waals surface area contributed by atoms with Crippen LogP contribution in [-0.4, -0.2) is 11.0 Å². The van der Waals surface area contributed by atoms with E-state index in [1.54, 1.807) is 6.92 Å². The van der Waals surface area contributed by atoms with Gasteiger partial charge in [0.05, 0.1) is 16.0 Å². The van der Waals surface area contributed by atoms with Crippen LogP contribution in [0.5, 0.6) is 5.75 Å². The molecule has 1 rings (SSSR count). The third kappa shape index (κ3) is 2.60. The molecular weight excluding hydrogens is 206 g/mol. The number of nitro benzene ring substituents is 1. The Hall–Kier alpha value is -1.29. The molecule has 1 unspecified atom stereocenters. The molecule has 0 saturated carbocycles. The minimum Gasteiger partial charge on any atom is -0.489 e. The Balaban J connectivity index is 2.95. The fraction of sp³-hybridized carbons (Fsp3) is 0.222. The Kier molecular flexibility index (Phi) is 3.30. The number of non-ortho nitro benzene ring substituents is 1. The Morgan fingerprint density at radius 2 is 2.29 bits per heavy atom. The van der Waals surface area contributed by atoms with Gasteiger partial charge in [-0.15, -0.1) is 0 Å². The molecule has 1 aromatic carbocycles. The first-order chi connectivity index (χ1) is 6.50. The highest BCUT2D eigenvalue weighted by Gasteiger charge is 2.10. The molecule has 14 heavy (non-hydrogen) atoms. The van der Waals surface area contributed by atoms with Crippen molar-refractivity contribution in [3.05, 3.63) is 40.3 Å². The van der Waals surface area contributed by atoms with Crippen molar-refractivity contribution in [2.24, 2.45) is 0 Å². The molecule has 4 nitrogen and oxygen atoms in total. The molecule has 0 heterocycles. The van der Waals surface area contributed by atoms with Crippen LogP contribution in [0.15, 0.2) is 18.2 Å². The van der Waals surface area contributed by atoms with Crippen LogP contribution in [-0.2, 0) is 0 Å². The van der Waals surface area contributed by atoms with Gasteiger partial charge in [-0.05, 0) is 19.9 Å². The molecule has 75 valence electrons. The molecule has 0 saturated heterocycles. The molecule has 0 bridgehead atoms. The highest BCUT2D eigenvalue weighted by atomic mass is 35.5. The lowest BCUT2D eigenvalue weighted by atomic mass is 10.3. The second-order valence-electron chi connectivity index (χ2n) is 2.80. The molecule has 1 radical (unpaired) electrons. The predicted molar refractivity (Wildman–Crippen MR) is 53.6 cm³/mol. The van der Waals surface area contributed by atoms with Gasteiger partial charge in [0.15, 0.2) is 0 Å². The standard InChI is InChI=1S/C9H9ClNO3/c1-6(2)14-9-4-3-7(11(12)13)5-8(9)10/h3-6H,1H2,2H3. The lowest BCUT2D eigenvalue weighted by molar-refractivity contribution is -0.384. The molecule has 0 spiro atoms. The molecule has 0 aliphatic carbocycles. The summed E-state index contributed by atoms with van der Waals surface area (Å²) in [6.07, 6.45) is -0.256. The fourth-order valence-corrected chi connectivity index (χ4v) is 1.13. The third-order valence-electron chi connectivity index (χ3n) is 1.45. The first-order valence-electron chi connectivity index (χ1n) is 3.94. The van der Waals surface area contributed by atoms with Crippen molar-refractivity contribution in [2.75, 3.05) is 0 Å². The van der Waals surface area contributed by atoms with Gasteiger partial charge in [0, 0.05) is 12.1 Å². The summed E-state index contributed by atoms with van der Waals surface area (Å²) in [5, 5.41) is 10.6. The molecule has 0 aromatic heterocycles. The van der Waals surface area contributed by atoms with Crippen LogP contribution in [0.25, 0.3) is 0 Å². The lowest BCUT2D eigenvalue weighted by Gasteiger charge is -2.10. The number of benzene rings is 1. The Labute approximate surface area is 86.6 Å². The lowest BCUT2D eigenvalue weighted by Crippen LogP contribution is -2.06. The summed E-state index contributed by atoms with van der Waals surface area (Å²) in [5.74, 6) is 0.403. The smallest absolute Gasteiger partial charge is 0.271 e. The molecule has 0 aliphatic heterocycles. The summed E-state index contributed by atoms with van der Waals surface area (Å²) >= 11 is 5.76. The Morgan fingerprint density at radius 3 is 2.71 bits per heavy atom. The van der Waals surface area contributed by atoms with Gasteiger partial charge < -0.3 is 4.74 Å². The zero-order valence-corrected chi connectivity index (χ0v) is 8.32. The largest absolute Gasteiger partial charge is 0.489 e. The molecule has 0 fully saturated rings. The quantitative estimate of drug-likeness (QED) is 0.574. The maximum absolute atomic E-state index is 10.4. The second-order valence-corrected chi connectivity index (χ2v) is 3.21. The van der Waals surface area contributed by atoms with Gasteiger partial charge in [-0.25, -0.2) is 0 Å². The van der Waals surface area contributed by atoms with Crippen LogP contribution in [0.2, 0.25) is 5.02 Å². The topological polar surface area (TPSA) is 52.4 Å². The first kappa shape index (κ1) is 10.8. The summed E-state index contributed by atoms with van der Waals surface area (Å²) in [6.45, 7) is 5.37. The zero-order valence-electron chi connectivity index (χ0n) is 7.57. The van der Waals surface area contributed by atoms with Gasteiger partial charge in [0.1, 0.15) is 5.75 Å². The highest BCUT2D eigenvalue weighted by Crippen LogP contribution is 2.29. The van der Waals surface area contributed by atoms with E-state index in [4.69, 9.17) is 16.3 Å². The molecule has 1 atom stereocenters. The van der Waals surface area contributed by atoms with Crippen LogP contribution in [0, 0.1) is 17.0 Å². The number of rotatable bonds is 3. The van der Waals surface area contributed by atoms with Gasteiger partial charge in [-0.2, -0.15) is 0 Å². The average molecular weight is 215 g/mol. The predicted octanol–water partition coefficient (Wildman–Crippen LogP) is 2.85. The number of hydrogen-bond donors (Lipinski definition) is 0. The molecule has 5 heteroatoms. The summed E-state index contributed by atoms with van der Waals surface area (Å²) in [6, 6.07) is 4.05. The molecular formula is C9H9ClNO3. The van der Waals surface area contributed by atoms with Crippen molar-refractivity contribution in [1.82, 2.24) is 0 Å². The minimum atomic E-state index is -0.511. The van der Waals surface area contributed by atoms with Crippen molar-refractivity contribution >= 4 is 17.3 Å². The molecule has 1 aromatic rings. The van der Waals surface area contributed by atoms with E-state index in [0.29, 0.717) is 5.75 Å². The summed E-state index contributed by atoms with van der Waals surface area (Å²) in [7, 11) is 0. The van der Waals surface area contributed by atoms with E-state index in [9.17, 15) is 10.1 Å². The fourth-order valence-electron chi connectivity index (χ4n) is 0.916. The van der Waals surface area contributed by atoms with Crippen LogP contribution in [0.3, 0.4) is 0 Å². The van der Waals surface area contributed by atoms with Crippen LogP contribution < -0.4 is 4.74 Å². The summed E-state index contributed by atoms with van der Waals surface area (Å²) in [4.78, 5) is 9.87. The maximum atomic E-state index is 10.4. The monoisotopic (exact) mass is 214 g/mol. The average Bonchev–Trinajstić information content (AvgIpc) is 2.07. The third-order valence-corrected chi connectivity index (χ3v) is 1.75. The molecule has 0 N–H and O–H groups in total. The van der Waals surface area contributed by atoms with E-state index < -0.39 is 4.92 Å². The highest BCUT2D eigenvalue weighted by molar-refractivity contribution is 6.32. The second kappa shape index (κ2) is 4.28. The van der Waals surface area contributed by atoms with Gasteiger partial charge in [-0.3, -0.25) is 10.1 Å². The number of hydrogen-bond acceptors (Lipinski definition) is 3. The van der Waals surface area contributed by atoms with Gasteiger partial charge in [-0.1, -0.05) is 11.6 Å². The van der Waals surface area contributed by atoms with Crippen molar-refractivity contribution in [1.29, 1.82) is 0 Å². The van der Waals surface area contributed by atoms with E-state index in [1.165, 1.54) is 18.2 Å². The number of ether oxygens (including phenoxy) is 1. The van der Waals surface area contributed by atoms with E-state index in [1.807, 2.05) is 0 Å². The van der Waals surface area contributed by atoms with Crippen LogP contribution >= 0.6 is 11.6 Å². The van der Waals surface area contributed by atoms with Gasteiger partial charge >= 0.3 is 0 Å². The minimum absolute atomic E-state index is 0.0564. The van der Waals surface area contributed by atoms with Crippen molar-refractivity contribution < 1.29 is 9.66 Å². The van der Waals surface area contributed by atoms with Gasteiger partial charge in [0.2, 0.25) is 0 Å². The molecule has 0 amide bonds.